The third kappa shape index (κ3) is 6.67. The van der Waals surface area contributed by atoms with Gasteiger partial charge in [-0.15, -0.1) is 0 Å². The van der Waals surface area contributed by atoms with Crippen LogP contribution in [-0.4, -0.2) is 44.3 Å². The number of hydrogen-bond donors (Lipinski definition) is 1. The van der Waals surface area contributed by atoms with Crippen LogP contribution in [0.15, 0.2) is 71.6 Å². The summed E-state index contributed by atoms with van der Waals surface area (Å²) >= 11 is 12.8. The topological polar surface area (TPSA) is 86.8 Å². The van der Waals surface area contributed by atoms with Gasteiger partial charge in [0.25, 0.3) is 10.0 Å². The Bertz CT molecular complexity index is 1390. The van der Waals surface area contributed by atoms with Gasteiger partial charge in [-0.25, -0.2) is 8.42 Å². The highest BCUT2D eigenvalue weighted by atomic mass is 35.5. The van der Waals surface area contributed by atoms with Crippen molar-refractivity contribution in [2.24, 2.45) is 0 Å². The number of anilines is 1. The molecule has 0 saturated carbocycles. The van der Waals surface area contributed by atoms with Crippen LogP contribution in [0.4, 0.5) is 5.69 Å². The molecule has 2 amide bonds. The van der Waals surface area contributed by atoms with Crippen LogP contribution in [0.25, 0.3) is 0 Å². The molecule has 0 aromatic heterocycles. The molecule has 202 valence electrons. The van der Waals surface area contributed by atoms with Gasteiger partial charge in [0.2, 0.25) is 11.8 Å². The van der Waals surface area contributed by atoms with Gasteiger partial charge in [0.05, 0.1) is 10.6 Å². The smallest absolute Gasteiger partial charge is 0.264 e. The van der Waals surface area contributed by atoms with Gasteiger partial charge in [-0.2, -0.15) is 0 Å². The first-order valence-corrected chi connectivity index (χ1v) is 14.3. The van der Waals surface area contributed by atoms with E-state index in [2.05, 4.69) is 5.32 Å². The van der Waals surface area contributed by atoms with Crippen molar-refractivity contribution in [3.63, 3.8) is 0 Å². The molecule has 3 aromatic carbocycles. The van der Waals surface area contributed by atoms with E-state index in [-0.39, 0.29) is 17.3 Å². The Hall–Kier alpha value is -3.07. The fourth-order valence-electron chi connectivity index (χ4n) is 3.95. The average molecular weight is 577 g/mol. The van der Waals surface area contributed by atoms with E-state index < -0.39 is 28.5 Å². The Balaban J connectivity index is 2.08. The van der Waals surface area contributed by atoms with Gasteiger partial charge in [0, 0.05) is 28.7 Å². The number of halogens is 2. The summed E-state index contributed by atoms with van der Waals surface area (Å²) in [6.07, 6.45) is 0. The second kappa shape index (κ2) is 12.7. The second-order valence-corrected chi connectivity index (χ2v) is 11.6. The molecule has 0 spiro atoms. The van der Waals surface area contributed by atoms with Crippen LogP contribution in [0.5, 0.6) is 0 Å². The van der Waals surface area contributed by atoms with Crippen molar-refractivity contribution in [3.8, 4) is 0 Å². The quantitative estimate of drug-likeness (QED) is 0.352. The number of para-hydroxylation sites is 1. The average Bonchev–Trinajstić information content (AvgIpc) is 2.87. The summed E-state index contributed by atoms with van der Waals surface area (Å²) in [6.45, 7) is 6.75. The lowest BCUT2D eigenvalue weighted by molar-refractivity contribution is -0.139. The van der Waals surface area contributed by atoms with Crippen molar-refractivity contribution >= 4 is 50.7 Å². The summed E-state index contributed by atoms with van der Waals surface area (Å²) in [4.78, 5) is 28.1. The van der Waals surface area contributed by atoms with Gasteiger partial charge < -0.3 is 10.2 Å². The highest BCUT2D eigenvalue weighted by Crippen LogP contribution is 2.29. The summed E-state index contributed by atoms with van der Waals surface area (Å²) in [7, 11) is -4.13. The molecule has 0 fully saturated rings. The number of carbonyl (C=O) groups is 2. The molecular weight excluding hydrogens is 545 g/mol. The molecule has 0 aliphatic carbocycles. The van der Waals surface area contributed by atoms with Crippen molar-refractivity contribution in [3.05, 3.63) is 93.5 Å². The molecule has 10 heteroatoms. The Kier molecular flexibility index (Phi) is 9.82. The summed E-state index contributed by atoms with van der Waals surface area (Å²) in [6, 6.07) is 17.4. The van der Waals surface area contributed by atoms with Crippen molar-refractivity contribution in [1.82, 2.24) is 10.2 Å². The fourth-order valence-corrected chi connectivity index (χ4v) is 5.95. The Labute approximate surface area is 234 Å². The van der Waals surface area contributed by atoms with Gasteiger partial charge in [0.15, 0.2) is 0 Å². The van der Waals surface area contributed by atoms with E-state index in [9.17, 15) is 18.0 Å². The lowest BCUT2D eigenvalue weighted by Crippen LogP contribution is -2.51. The van der Waals surface area contributed by atoms with Crippen molar-refractivity contribution < 1.29 is 18.0 Å². The molecule has 38 heavy (non-hydrogen) atoms. The van der Waals surface area contributed by atoms with Crippen LogP contribution in [0.2, 0.25) is 10.0 Å². The van der Waals surface area contributed by atoms with Gasteiger partial charge in [-0.05, 0) is 63.6 Å². The summed E-state index contributed by atoms with van der Waals surface area (Å²) < 4.78 is 28.8. The molecule has 0 aliphatic heterocycles. The van der Waals surface area contributed by atoms with Crippen LogP contribution in [-0.2, 0) is 26.2 Å². The fraction of sp³-hybridized carbons (Fsp3) is 0.286. The van der Waals surface area contributed by atoms with Gasteiger partial charge >= 0.3 is 0 Å². The first-order valence-electron chi connectivity index (χ1n) is 12.1. The number of nitrogens with one attached hydrogen (secondary N) is 1. The van der Waals surface area contributed by atoms with Crippen LogP contribution < -0.4 is 9.62 Å². The van der Waals surface area contributed by atoms with Crippen LogP contribution in [0.1, 0.15) is 30.5 Å². The zero-order valence-electron chi connectivity index (χ0n) is 21.7. The number of aryl methyl sites for hydroxylation is 2. The normalized spacial score (nSPS) is 12.1. The molecule has 0 aliphatic rings. The highest BCUT2D eigenvalue weighted by Gasteiger charge is 2.33. The van der Waals surface area contributed by atoms with Gasteiger partial charge in [-0.3, -0.25) is 13.9 Å². The molecule has 0 saturated heterocycles. The maximum Gasteiger partial charge on any atom is 0.264 e. The Morgan fingerprint density at radius 2 is 1.53 bits per heavy atom. The minimum atomic E-state index is -4.13. The van der Waals surface area contributed by atoms with Crippen LogP contribution >= 0.6 is 23.2 Å². The molecule has 0 radical (unpaired) electrons. The van der Waals surface area contributed by atoms with E-state index >= 15 is 0 Å². The van der Waals surface area contributed by atoms with Crippen molar-refractivity contribution in [2.75, 3.05) is 17.4 Å². The predicted octanol–water partition coefficient (Wildman–Crippen LogP) is 5.36. The van der Waals surface area contributed by atoms with Gasteiger partial charge in [0.1, 0.15) is 12.6 Å². The maximum absolute atomic E-state index is 13.9. The zero-order valence-corrected chi connectivity index (χ0v) is 24.1. The molecule has 0 unspecified atom stereocenters. The number of likely N-dealkylation sites (N-methyl/N-ethyl adjacent to an activating group) is 1. The number of carbonyl (C=O) groups excluding carboxylic acids is 2. The minimum Gasteiger partial charge on any atom is -0.355 e. The standard InChI is InChI=1S/C28H31Cl2N3O4S/c1-5-31-28(35)21(4)32(17-23-24(29)10-8-11-25(23)30)27(34)18-33(26-12-7-6-9-20(26)3)38(36,37)22-15-13-19(2)14-16-22/h6-16,21H,5,17-18H2,1-4H3,(H,31,35)/t21-/m1/s1. The molecule has 3 aromatic rings. The Morgan fingerprint density at radius 3 is 2.11 bits per heavy atom. The zero-order chi connectivity index (χ0) is 28.0. The molecule has 3 rings (SSSR count). The maximum atomic E-state index is 13.9. The van der Waals surface area contributed by atoms with E-state index in [0.29, 0.717) is 33.4 Å². The Morgan fingerprint density at radius 1 is 0.921 bits per heavy atom. The third-order valence-corrected chi connectivity index (χ3v) is 8.66. The number of nitrogens with zero attached hydrogens (tertiary/aromatic N) is 2. The largest absolute Gasteiger partial charge is 0.355 e. The van der Waals surface area contributed by atoms with E-state index in [1.165, 1.54) is 17.0 Å². The number of amides is 2. The first kappa shape index (κ1) is 29.5. The highest BCUT2D eigenvalue weighted by molar-refractivity contribution is 7.92. The first-order chi connectivity index (χ1) is 18.0. The van der Waals surface area contributed by atoms with Crippen LogP contribution in [0.3, 0.4) is 0 Å². The minimum absolute atomic E-state index is 0.0524. The van der Waals surface area contributed by atoms with Crippen LogP contribution in [0, 0.1) is 13.8 Å². The van der Waals surface area contributed by atoms with E-state index in [4.69, 9.17) is 23.2 Å². The van der Waals surface area contributed by atoms with Crippen molar-refractivity contribution in [2.45, 2.75) is 45.2 Å². The number of benzene rings is 3. The van der Waals surface area contributed by atoms with E-state index in [1.807, 2.05) is 6.92 Å². The van der Waals surface area contributed by atoms with Gasteiger partial charge in [-0.1, -0.05) is 65.2 Å². The predicted molar refractivity (Wildman–Crippen MR) is 152 cm³/mol. The van der Waals surface area contributed by atoms with E-state index in [1.54, 1.807) is 75.4 Å². The summed E-state index contributed by atoms with van der Waals surface area (Å²) in [5.74, 6) is -0.966. The lowest BCUT2D eigenvalue weighted by Gasteiger charge is -2.32. The molecule has 7 nitrogen and oxygen atoms in total. The monoisotopic (exact) mass is 575 g/mol. The summed E-state index contributed by atoms with van der Waals surface area (Å²) in [5.41, 5.74) is 2.40. The number of rotatable bonds is 10. The molecule has 1 atom stereocenters. The lowest BCUT2D eigenvalue weighted by atomic mass is 10.1. The molecule has 0 heterocycles. The van der Waals surface area contributed by atoms with Crippen molar-refractivity contribution in [1.29, 1.82) is 0 Å². The molecular formula is C28H31Cl2N3O4S. The summed E-state index contributed by atoms with van der Waals surface area (Å²) in [5, 5.41) is 3.39. The molecule has 1 N–H and O–H groups in total. The number of hydrogen-bond acceptors (Lipinski definition) is 4. The number of sulfonamides is 1. The second-order valence-electron chi connectivity index (χ2n) is 8.90. The third-order valence-electron chi connectivity index (χ3n) is 6.18. The SMILES string of the molecule is CCNC(=O)[C@@H](C)N(Cc1c(Cl)cccc1Cl)C(=O)CN(c1ccccc1C)S(=O)(=O)c1ccc(C)cc1. The molecule has 0 bridgehead atoms. The van der Waals surface area contributed by atoms with E-state index in [0.717, 1.165) is 9.87 Å².